The lowest BCUT2D eigenvalue weighted by atomic mass is 10.0. The zero-order valence-electron chi connectivity index (χ0n) is 17.9. The Hall–Kier alpha value is -2.90. The van der Waals surface area contributed by atoms with Gasteiger partial charge in [-0.25, -0.2) is 4.98 Å². The van der Waals surface area contributed by atoms with E-state index in [0.29, 0.717) is 0 Å². The molecule has 1 aliphatic rings. The zero-order valence-corrected chi connectivity index (χ0v) is 18.7. The smallest absolute Gasteiger partial charge is 0.230 e. The number of anilines is 1. The first-order valence-corrected chi connectivity index (χ1v) is 11.6. The van der Waals surface area contributed by atoms with Crippen LogP contribution in [0.2, 0.25) is 0 Å². The SMILES string of the molecule is CCc1nc2sc([C@@H](c3cccc(C)c3)N3CCN(c4ccccc4)CC3)c(O)n2n1. The van der Waals surface area contributed by atoms with Gasteiger partial charge in [0.2, 0.25) is 10.8 Å². The van der Waals surface area contributed by atoms with Gasteiger partial charge in [0, 0.05) is 38.3 Å². The fourth-order valence-electron chi connectivity index (χ4n) is 4.36. The largest absolute Gasteiger partial charge is 0.492 e. The molecule has 0 radical (unpaired) electrons. The van der Waals surface area contributed by atoms with Gasteiger partial charge in [-0.1, -0.05) is 66.3 Å². The standard InChI is InChI=1S/C24H27N5OS/c1-3-20-25-24-29(26-20)23(30)22(31-24)21(18-9-7-8-17(2)16-18)28-14-12-27(13-15-28)19-10-5-4-6-11-19/h4-11,16,21,30H,3,12-15H2,1-2H3/t21-/m1/s1. The minimum Gasteiger partial charge on any atom is -0.492 e. The molecule has 2 aromatic carbocycles. The van der Waals surface area contributed by atoms with Crippen LogP contribution in [0.5, 0.6) is 5.88 Å². The van der Waals surface area contributed by atoms with E-state index in [1.807, 2.05) is 6.92 Å². The summed E-state index contributed by atoms with van der Waals surface area (Å²) in [6.45, 7) is 7.88. The van der Waals surface area contributed by atoms with Gasteiger partial charge < -0.3 is 10.0 Å². The number of rotatable bonds is 5. The molecule has 1 saturated heterocycles. The fraction of sp³-hybridized carbons (Fsp3) is 0.333. The summed E-state index contributed by atoms with van der Waals surface area (Å²) in [4.78, 5) is 11.2. The number of aromatic hydroxyl groups is 1. The van der Waals surface area contributed by atoms with E-state index in [2.05, 4.69) is 81.4 Å². The molecular weight excluding hydrogens is 406 g/mol. The van der Waals surface area contributed by atoms with Gasteiger partial charge >= 0.3 is 0 Å². The molecule has 6 nitrogen and oxygen atoms in total. The van der Waals surface area contributed by atoms with Crippen molar-refractivity contribution in [2.75, 3.05) is 31.1 Å². The summed E-state index contributed by atoms with van der Waals surface area (Å²) >= 11 is 1.54. The van der Waals surface area contributed by atoms with Crippen molar-refractivity contribution in [3.63, 3.8) is 0 Å². The Balaban J connectivity index is 1.49. The highest BCUT2D eigenvalue weighted by atomic mass is 32.1. The molecule has 0 saturated carbocycles. The third kappa shape index (κ3) is 3.79. The highest BCUT2D eigenvalue weighted by molar-refractivity contribution is 7.17. The van der Waals surface area contributed by atoms with Crippen molar-refractivity contribution in [1.82, 2.24) is 19.5 Å². The molecule has 3 heterocycles. The summed E-state index contributed by atoms with van der Waals surface area (Å²) in [7, 11) is 0. The molecule has 0 bridgehead atoms. The molecule has 0 aliphatic carbocycles. The number of benzene rings is 2. The van der Waals surface area contributed by atoms with E-state index in [1.165, 1.54) is 16.8 Å². The molecule has 1 fully saturated rings. The summed E-state index contributed by atoms with van der Waals surface area (Å²) < 4.78 is 1.60. The first kappa shape index (κ1) is 20.0. The normalized spacial score (nSPS) is 16.1. The lowest BCUT2D eigenvalue weighted by Crippen LogP contribution is -2.47. The topological polar surface area (TPSA) is 56.9 Å². The highest BCUT2D eigenvalue weighted by Crippen LogP contribution is 2.40. The van der Waals surface area contributed by atoms with Crippen molar-refractivity contribution >= 4 is 22.0 Å². The molecular formula is C24H27N5OS. The number of aryl methyl sites for hydroxylation is 2. The first-order chi connectivity index (χ1) is 15.1. The number of hydrogen-bond acceptors (Lipinski definition) is 6. The fourth-order valence-corrected chi connectivity index (χ4v) is 5.50. The van der Waals surface area contributed by atoms with E-state index in [1.54, 1.807) is 15.9 Å². The Bertz CT molecular complexity index is 1180. The van der Waals surface area contributed by atoms with Crippen LogP contribution in [0.4, 0.5) is 5.69 Å². The summed E-state index contributed by atoms with van der Waals surface area (Å²) in [5.74, 6) is 0.973. The van der Waals surface area contributed by atoms with Crippen molar-refractivity contribution < 1.29 is 5.11 Å². The molecule has 4 aromatic rings. The molecule has 31 heavy (non-hydrogen) atoms. The van der Waals surface area contributed by atoms with Gasteiger partial charge in [0.05, 0.1) is 10.9 Å². The van der Waals surface area contributed by atoms with Gasteiger partial charge in [-0.05, 0) is 24.6 Å². The van der Waals surface area contributed by atoms with E-state index < -0.39 is 0 Å². The van der Waals surface area contributed by atoms with Crippen molar-refractivity contribution in [2.45, 2.75) is 26.3 Å². The maximum Gasteiger partial charge on any atom is 0.230 e. The Labute approximate surface area is 186 Å². The van der Waals surface area contributed by atoms with Crippen LogP contribution >= 0.6 is 11.3 Å². The molecule has 0 unspecified atom stereocenters. The van der Waals surface area contributed by atoms with Crippen LogP contribution < -0.4 is 4.90 Å². The monoisotopic (exact) mass is 433 g/mol. The Morgan fingerprint density at radius 1 is 1.03 bits per heavy atom. The molecule has 2 aromatic heterocycles. The quantitative estimate of drug-likeness (QED) is 0.509. The van der Waals surface area contributed by atoms with Crippen LogP contribution in [0.3, 0.4) is 0 Å². The van der Waals surface area contributed by atoms with Crippen LogP contribution in [0, 0.1) is 6.92 Å². The average Bonchev–Trinajstić information content (AvgIpc) is 3.34. The average molecular weight is 434 g/mol. The molecule has 160 valence electrons. The molecule has 5 rings (SSSR count). The number of hydrogen-bond donors (Lipinski definition) is 1. The van der Waals surface area contributed by atoms with E-state index in [9.17, 15) is 5.11 Å². The van der Waals surface area contributed by atoms with Gasteiger partial charge in [0.1, 0.15) is 0 Å². The first-order valence-electron chi connectivity index (χ1n) is 10.8. The number of thiazole rings is 1. The van der Waals surface area contributed by atoms with Crippen molar-refractivity contribution in [1.29, 1.82) is 0 Å². The maximum absolute atomic E-state index is 11.1. The summed E-state index contributed by atoms with van der Waals surface area (Å²) in [6.07, 6.45) is 0.756. The zero-order chi connectivity index (χ0) is 21.4. The molecule has 7 heteroatoms. The highest BCUT2D eigenvalue weighted by Gasteiger charge is 2.31. The third-order valence-electron chi connectivity index (χ3n) is 5.97. The van der Waals surface area contributed by atoms with Crippen LogP contribution in [-0.4, -0.2) is 50.8 Å². The Kier molecular flexibility index (Phi) is 5.38. The summed E-state index contributed by atoms with van der Waals surface area (Å²) in [5, 5.41) is 15.6. The van der Waals surface area contributed by atoms with Crippen LogP contribution in [0.25, 0.3) is 4.96 Å². The van der Waals surface area contributed by atoms with Gasteiger partial charge in [-0.3, -0.25) is 4.90 Å². The third-order valence-corrected chi connectivity index (χ3v) is 7.04. The minimum atomic E-state index is -0.0172. The Morgan fingerprint density at radius 3 is 2.48 bits per heavy atom. The van der Waals surface area contributed by atoms with E-state index in [0.717, 1.165) is 48.3 Å². The molecule has 1 aliphatic heterocycles. The van der Waals surface area contributed by atoms with E-state index in [-0.39, 0.29) is 11.9 Å². The number of aromatic nitrogens is 3. The van der Waals surface area contributed by atoms with E-state index >= 15 is 0 Å². The van der Waals surface area contributed by atoms with Crippen molar-refractivity contribution in [2.24, 2.45) is 0 Å². The van der Waals surface area contributed by atoms with Crippen LogP contribution in [0.1, 0.15) is 34.8 Å². The predicted molar refractivity (Wildman–Crippen MR) is 125 cm³/mol. The Morgan fingerprint density at radius 2 is 1.81 bits per heavy atom. The van der Waals surface area contributed by atoms with Gasteiger partial charge in [0.25, 0.3) is 0 Å². The van der Waals surface area contributed by atoms with Crippen LogP contribution in [0.15, 0.2) is 54.6 Å². The lowest BCUT2D eigenvalue weighted by Gasteiger charge is -2.40. The number of fused-ring (bicyclic) bond motifs is 1. The molecule has 0 spiro atoms. The van der Waals surface area contributed by atoms with E-state index in [4.69, 9.17) is 0 Å². The van der Waals surface area contributed by atoms with Gasteiger partial charge in [-0.15, -0.1) is 5.10 Å². The second-order valence-electron chi connectivity index (χ2n) is 8.04. The lowest BCUT2D eigenvalue weighted by molar-refractivity contribution is 0.211. The summed E-state index contributed by atoms with van der Waals surface area (Å²) in [6, 6.07) is 19.2. The number of piperazine rings is 1. The van der Waals surface area contributed by atoms with Crippen molar-refractivity contribution in [3.8, 4) is 5.88 Å². The maximum atomic E-state index is 11.1. The van der Waals surface area contributed by atoms with Gasteiger partial charge in [-0.2, -0.15) is 4.52 Å². The summed E-state index contributed by atoms with van der Waals surface area (Å²) in [5.41, 5.74) is 3.68. The van der Waals surface area contributed by atoms with Crippen LogP contribution in [-0.2, 0) is 6.42 Å². The minimum absolute atomic E-state index is 0.0172. The predicted octanol–water partition coefficient (Wildman–Crippen LogP) is 4.28. The molecule has 1 N–H and O–H groups in total. The second-order valence-corrected chi connectivity index (χ2v) is 9.05. The van der Waals surface area contributed by atoms with Gasteiger partial charge in [0.15, 0.2) is 5.82 Å². The molecule has 0 amide bonds. The number of para-hydroxylation sites is 1. The molecule has 1 atom stereocenters. The number of nitrogens with zero attached hydrogens (tertiary/aromatic N) is 5. The van der Waals surface area contributed by atoms with Crippen molar-refractivity contribution in [3.05, 3.63) is 76.4 Å². The second kappa shape index (κ2) is 8.32.